The van der Waals surface area contributed by atoms with Crippen molar-refractivity contribution in [3.05, 3.63) is 45.6 Å². The molecule has 0 aliphatic heterocycles. The first-order valence-corrected chi connectivity index (χ1v) is 8.57. The number of amides is 1. The molecule has 0 saturated carbocycles. The van der Waals surface area contributed by atoms with E-state index in [-0.39, 0.29) is 11.7 Å². The zero-order valence-corrected chi connectivity index (χ0v) is 15.4. The molecule has 1 aromatic carbocycles. The van der Waals surface area contributed by atoms with Gasteiger partial charge in [-0.3, -0.25) is 9.48 Å². The van der Waals surface area contributed by atoms with E-state index in [2.05, 4.69) is 20.7 Å². The molecule has 0 bridgehead atoms. The van der Waals surface area contributed by atoms with Crippen molar-refractivity contribution in [1.82, 2.24) is 14.8 Å². The third-order valence-electron chi connectivity index (χ3n) is 3.62. The van der Waals surface area contributed by atoms with Crippen LogP contribution < -0.4 is 10.6 Å². The Hall–Kier alpha value is -2.58. The van der Waals surface area contributed by atoms with Crippen LogP contribution in [0.25, 0.3) is 0 Å². The zero-order valence-electron chi connectivity index (χ0n) is 13.8. The van der Waals surface area contributed by atoms with Gasteiger partial charge in [0.1, 0.15) is 15.6 Å². The molecule has 2 aromatic heterocycles. The van der Waals surface area contributed by atoms with E-state index in [9.17, 15) is 9.90 Å². The van der Waals surface area contributed by atoms with Crippen LogP contribution in [-0.4, -0.2) is 25.8 Å². The Morgan fingerprint density at radius 1 is 1.36 bits per heavy atom. The SMILES string of the molecule is Cc1ccc(O)c(C)c1NC(=O)c1cnc(Nc2nn(C)cc2Cl)s1. The van der Waals surface area contributed by atoms with Crippen molar-refractivity contribution in [2.75, 3.05) is 10.6 Å². The number of carbonyl (C=O) groups excluding carboxylic acids is 1. The van der Waals surface area contributed by atoms with E-state index in [0.717, 1.165) is 5.56 Å². The third kappa shape index (κ3) is 3.59. The number of phenols is 1. The van der Waals surface area contributed by atoms with Gasteiger partial charge in [-0.05, 0) is 25.5 Å². The van der Waals surface area contributed by atoms with Crippen LogP contribution in [0.2, 0.25) is 5.02 Å². The van der Waals surface area contributed by atoms with Gasteiger partial charge in [0.05, 0.1) is 11.9 Å². The molecule has 0 spiro atoms. The summed E-state index contributed by atoms with van der Waals surface area (Å²) in [6.45, 7) is 3.62. The lowest BCUT2D eigenvalue weighted by atomic mass is 10.1. The molecule has 0 saturated heterocycles. The van der Waals surface area contributed by atoms with Crippen molar-refractivity contribution < 1.29 is 9.90 Å². The van der Waals surface area contributed by atoms with Crippen LogP contribution in [0.3, 0.4) is 0 Å². The minimum Gasteiger partial charge on any atom is -0.508 e. The van der Waals surface area contributed by atoms with Gasteiger partial charge in [0.2, 0.25) is 0 Å². The highest BCUT2D eigenvalue weighted by atomic mass is 35.5. The first-order valence-electron chi connectivity index (χ1n) is 7.37. The number of aryl methyl sites for hydroxylation is 2. The van der Waals surface area contributed by atoms with Gasteiger partial charge in [-0.1, -0.05) is 29.0 Å². The Morgan fingerprint density at radius 3 is 2.80 bits per heavy atom. The van der Waals surface area contributed by atoms with Crippen molar-refractivity contribution in [2.24, 2.45) is 7.05 Å². The Bertz CT molecular complexity index is 950. The summed E-state index contributed by atoms with van der Waals surface area (Å²) >= 11 is 7.23. The lowest BCUT2D eigenvalue weighted by Crippen LogP contribution is -2.12. The second-order valence-corrected chi connectivity index (χ2v) is 6.95. The van der Waals surface area contributed by atoms with Crippen molar-refractivity contribution in [3.63, 3.8) is 0 Å². The molecule has 0 aliphatic carbocycles. The zero-order chi connectivity index (χ0) is 18.1. The molecular weight excluding hydrogens is 362 g/mol. The Balaban J connectivity index is 1.77. The van der Waals surface area contributed by atoms with E-state index in [1.165, 1.54) is 17.5 Å². The number of aromatic nitrogens is 3. The monoisotopic (exact) mass is 377 g/mol. The van der Waals surface area contributed by atoms with E-state index >= 15 is 0 Å². The van der Waals surface area contributed by atoms with Crippen LogP contribution in [0.4, 0.5) is 16.6 Å². The summed E-state index contributed by atoms with van der Waals surface area (Å²) < 4.78 is 1.58. The van der Waals surface area contributed by atoms with Crippen LogP contribution in [-0.2, 0) is 7.05 Å². The minimum absolute atomic E-state index is 0.136. The van der Waals surface area contributed by atoms with Gasteiger partial charge in [0.25, 0.3) is 5.91 Å². The van der Waals surface area contributed by atoms with Gasteiger partial charge in [-0.2, -0.15) is 5.10 Å². The number of benzene rings is 1. The summed E-state index contributed by atoms with van der Waals surface area (Å²) in [6, 6.07) is 3.35. The maximum atomic E-state index is 12.5. The van der Waals surface area contributed by atoms with Gasteiger partial charge in [0, 0.05) is 18.8 Å². The average Bonchev–Trinajstić information content (AvgIpc) is 3.14. The van der Waals surface area contributed by atoms with Gasteiger partial charge in [-0.25, -0.2) is 4.98 Å². The standard InChI is InChI=1S/C16H16ClN5O2S/c1-8-4-5-11(23)9(2)13(8)19-15(24)12-6-18-16(25-12)20-14-10(17)7-22(3)21-14/h4-7,23H,1-3H3,(H,19,24)(H,18,20,21). The summed E-state index contributed by atoms with van der Waals surface area (Å²) in [5, 5.41) is 20.8. The van der Waals surface area contributed by atoms with Crippen LogP contribution in [0.1, 0.15) is 20.8 Å². The molecule has 0 fully saturated rings. The predicted molar refractivity (Wildman–Crippen MR) is 99.1 cm³/mol. The summed E-state index contributed by atoms with van der Waals surface area (Å²) in [4.78, 5) is 17.1. The number of hydrogen-bond acceptors (Lipinski definition) is 6. The summed E-state index contributed by atoms with van der Waals surface area (Å²) in [7, 11) is 1.76. The maximum absolute atomic E-state index is 12.5. The van der Waals surface area contributed by atoms with Crippen molar-refractivity contribution in [2.45, 2.75) is 13.8 Å². The fourth-order valence-corrected chi connectivity index (χ4v) is 3.22. The fourth-order valence-electron chi connectivity index (χ4n) is 2.29. The first kappa shape index (κ1) is 17.2. The highest BCUT2D eigenvalue weighted by molar-refractivity contribution is 7.17. The molecule has 7 nitrogen and oxygen atoms in total. The number of hydrogen-bond donors (Lipinski definition) is 3. The number of nitrogens with one attached hydrogen (secondary N) is 2. The number of anilines is 3. The first-order chi connectivity index (χ1) is 11.8. The molecule has 0 radical (unpaired) electrons. The smallest absolute Gasteiger partial charge is 0.267 e. The van der Waals surface area contributed by atoms with Gasteiger partial charge in [-0.15, -0.1) is 0 Å². The molecule has 0 unspecified atom stereocenters. The third-order valence-corrected chi connectivity index (χ3v) is 4.81. The van der Waals surface area contributed by atoms with Crippen LogP contribution in [0.5, 0.6) is 5.75 Å². The summed E-state index contributed by atoms with van der Waals surface area (Å²) in [5.41, 5.74) is 2.09. The van der Waals surface area contributed by atoms with Gasteiger partial charge in [0.15, 0.2) is 10.9 Å². The fraction of sp³-hybridized carbons (Fsp3) is 0.188. The Kier molecular flexibility index (Phi) is 4.65. The number of nitrogens with zero attached hydrogens (tertiary/aromatic N) is 3. The van der Waals surface area contributed by atoms with E-state index in [0.29, 0.717) is 32.1 Å². The highest BCUT2D eigenvalue weighted by Gasteiger charge is 2.16. The van der Waals surface area contributed by atoms with Crippen LogP contribution in [0.15, 0.2) is 24.5 Å². The maximum Gasteiger partial charge on any atom is 0.267 e. The molecule has 0 atom stereocenters. The van der Waals surface area contributed by atoms with Crippen LogP contribution >= 0.6 is 22.9 Å². The lowest BCUT2D eigenvalue weighted by molar-refractivity contribution is 0.103. The number of halogens is 1. The molecule has 9 heteroatoms. The summed E-state index contributed by atoms with van der Waals surface area (Å²) in [5.74, 6) is 0.317. The minimum atomic E-state index is -0.297. The average molecular weight is 378 g/mol. The molecule has 1 amide bonds. The molecule has 0 aliphatic rings. The predicted octanol–water partition coefficient (Wildman–Crippen LogP) is 3.85. The Morgan fingerprint density at radius 2 is 2.12 bits per heavy atom. The van der Waals surface area contributed by atoms with E-state index < -0.39 is 0 Å². The molecular formula is C16H16ClN5O2S. The molecule has 25 heavy (non-hydrogen) atoms. The highest BCUT2D eigenvalue weighted by Crippen LogP contribution is 2.30. The van der Waals surface area contributed by atoms with Crippen molar-refractivity contribution >= 4 is 45.5 Å². The number of carbonyl (C=O) groups is 1. The quantitative estimate of drug-likeness (QED) is 0.642. The normalized spacial score (nSPS) is 10.7. The van der Waals surface area contributed by atoms with Crippen LogP contribution in [0, 0.1) is 13.8 Å². The molecule has 2 heterocycles. The topological polar surface area (TPSA) is 92.1 Å². The molecule has 3 rings (SSSR count). The van der Waals surface area contributed by atoms with E-state index in [1.54, 1.807) is 37.0 Å². The van der Waals surface area contributed by atoms with E-state index in [1.807, 2.05) is 6.92 Å². The molecule has 3 aromatic rings. The number of rotatable bonds is 4. The second-order valence-electron chi connectivity index (χ2n) is 5.51. The van der Waals surface area contributed by atoms with Crippen molar-refractivity contribution in [1.29, 1.82) is 0 Å². The number of phenolic OH excluding ortho intramolecular Hbond substituents is 1. The Labute approximate surface area is 153 Å². The largest absolute Gasteiger partial charge is 0.508 e. The number of thiazole rings is 1. The summed E-state index contributed by atoms with van der Waals surface area (Å²) in [6.07, 6.45) is 3.14. The molecule has 130 valence electrons. The van der Waals surface area contributed by atoms with Gasteiger partial charge >= 0.3 is 0 Å². The lowest BCUT2D eigenvalue weighted by Gasteiger charge is -2.11. The number of aromatic hydroxyl groups is 1. The second kappa shape index (κ2) is 6.73. The van der Waals surface area contributed by atoms with E-state index in [4.69, 9.17) is 11.6 Å². The van der Waals surface area contributed by atoms with Crippen molar-refractivity contribution in [3.8, 4) is 5.75 Å². The van der Waals surface area contributed by atoms with Gasteiger partial charge < -0.3 is 15.7 Å². The molecule has 3 N–H and O–H groups in total.